The third-order valence-corrected chi connectivity index (χ3v) is 12.2. The van der Waals surface area contributed by atoms with Crippen molar-refractivity contribution in [1.29, 1.82) is 10.5 Å². The summed E-state index contributed by atoms with van der Waals surface area (Å²) >= 11 is 13.6. The maximum Gasteiger partial charge on any atom is 0.104 e. The number of hydrogen-bond donors (Lipinski definition) is 0. The van der Waals surface area contributed by atoms with E-state index in [1.165, 1.54) is 21.3 Å². The van der Waals surface area contributed by atoms with E-state index >= 15 is 0 Å². The van der Waals surface area contributed by atoms with Gasteiger partial charge < -0.3 is 18.9 Å². The Hall–Kier alpha value is -8.26. The highest BCUT2D eigenvalue weighted by Crippen LogP contribution is 2.47. The molecule has 11 aromatic rings. The highest BCUT2D eigenvalue weighted by Gasteiger charge is 2.27. The minimum absolute atomic E-state index is 0.0000944. The summed E-state index contributed by atoms with van der Waals surface area (Å²) in [6.45, 7) is 5.97. The van der Waals surface area contributed by atoms with Crippen molar-refractivity contribution in [3.05, 3.63) is 227 Å². The van der Waals surface area contributed by atoms with Crippen LogP contribution < -0.4 is 9.80 Å². The van der Waals surface area contributed by atoms with Crippen LogP contribution in [0.2, 0.25) is 10.0 Å². The van der Waals surface area contributed by atoms with E-state index in [0.717, 1.165) is 5.56 Å². The predicted molar refractivity (Wildman–Crippen MR) is 283 cm³/mol. The van der Waals surface area contributed by atoms with Gasteiger partial charge in [0.15, 0.2) is 0 Å². The fraction of sp³-hybridized carbons (Fsp3) is 0.0667. The van der Waals surface area contributed by atoms with Gasteiger partial charge in [0.2, 0.25) is 0 Å². The van der Waals surface area contributed by atoms with Gasteiger partial charge in [-0.15, -0.1) is 0 Å². The van der Waals surface area contributed by atoms with E-state index < -0.39 is 102 Å². The SMILES string of the molecule is [2H]c1c([2H])c([2H])c2c(c1[2H])c1c([2H])c([2H])c([2H])c([2H])c1n2-c1cc(N(c2cccc(Cl)c2)c2cc(N(c3cccc(Cl)c3)c3cccc(-n4c5c([2H])c([2H])c([2H])c([2H])c5c5c([2H])c([2H])c([2H])c([2H])c54)c3C#N)cc(C(C)(C)C)c2)ccc1C#N. The van der Waals surface area contributed by atoms with Gasteiger partial charge in [0, 0.05) is 60.0 Å². The number of nitrogens with zero attached hydrogens (tertiary/aromatic N) is 6. The molecule has 0 spiro atoms. The predicted octanol–water partition coefficient (Wildman–Crippen LogP) is 17.2. The highest BCUT2D eigenvalue weighted by molar-refractivity contribution is 6.31. The molecule has 6 nitrogen and oxygen atoms in total. The molecule has 0 fully saturated rings. The average molecular weight is 934 g/mol. The lowest BCUT2D eigenvalue weighted by Gasteiger charge is -2.33. The van der Waals surface area contributed by atoms with Crippen LogP contribution in [0.1, 0.15) is 59.4 Å². The molecule has 8 heteroatoms. The normalized spacial score (nSPS) is 14.9. The Labute approximate surface area is 427 Å². The van der Waals surface area contributed by atoms with Crippen LogP contribution in [-0.4, -0.2) is 9.13 Å². The van der Waals surface area contributed by atoms with E-state index in [-0.39, 0.29) is 71.8 Å². The molecule has 0 aliphatic heterocycles. The number of para-hydroxylation sites is 4. The van der Waals surface area contributed by atoms with Crippen molar-refractivity contribution in [2.75, 3.05) is 9.80 Å². The van der Waals surface area contributed by atoms with Gasteiger partial charge in [-0.3, -0.25) is 0 Å². The fourth-order valence-electron chi connectivity index (χ4n) is 8.67. The molecule has 11 rings (SSSR count). The van der Waals surface area contributed by atoms with Crippen LogP contribution in [0.5, 0.6) is 0 Å². The number of hydrogen-bond acceptors (Lipinski definition) is 4. The third-order valence-electron chi connectivity index (χ3n) is 11.7. The zero-order valence-electron chi connectivity index (χ0n) is 52.3. The topological polar surface area (TPSA) is 63.9 Å². The molecule has 2 heterocycles. The molecule has 0 unspecified atom stereocenters. The number of rotatable bonds is 8. The summed E-state index contributed by atoms with van der Waals surface area (Å²) in [5.41, 5.74) is 1.46. The zero-order valence-corrected chi connectivity index (χ0v) is 37.8. The molecule has 0 saturated carbocycles. The van der Waals surface area contributed by atoms with Crippen molar-refractivity contribution in [2.24, 2.45) is 0 Å². The van der Waals surface area contributed by atoms with Crippen molar-refractivity contribution in [3.8, 4) is 23.5 Å². The van der Waals surface area contributed by atoms with Crippen LogP contribution in [-0.2, 0) is 5.41 Å². The van der Waals surface area contributed by atoms with Crippen molar-refractivity contribution in [2.45, 2.75) is 26.2 Å². The Morgan fingerprint density at radius 3 is 1.41 bits per heavy atom. The Bertz CT molecular complexity index is 4670. The standard InChI is InChI=1S/C60H42Cl2N6/c1-60(2,3)40-31-46(65(43-17-12-15-41(61)33-43)45-30-29-39(37-63)59(36-45)68-55-25-10-6-21-50(55)51-22-7-11-26-56(51)68)35-47(32-40)66(44-18-13-16-42(62)34-44)57-27-14-28-58(52(57)38-64)67-53-23-8-4-19-48(53)49-20-5-9-24-54(49)67/h4-36H,1-3H3/i4D,5D,6D,7D,8D,9D,10D,11D,19D,20D,21D,22D,23D,24D,25D,26D. The van der Waals surface area contributed by atoms with Crippen molar-refractivity contribution < 1.29 is 21.9 Å². The van der Waals surface area contributed by atoms with Crippen LogP contribution in [0, 0.1) is 22.7 Å². The maximum absolute atomic E-state index is 11.6. The Kier molecular flexibility index (Phi) is 6.96. The van der Waals surface area contributed by atoms with Crippen LogP contribution in [0.4, 0.5) is 34.1 Å². The quantitative estimate of drug-likeness (QED) is 0.152. The van der Waals surface area contributed by atoms with Crippen LogP contribution in [0.3, 0.4) is 0 Å². The molecule has 0 bridgehead atoms. The molecular formula is C60H42Cl2N6. The van der Waals surface area contributed by atoms with Gasteiger partial charge >= 0.3 is 0 Å². The van der Waals surface area contributed by atoms with E-state index in [2.05, 4.69) is 12.1 Å². The van der Waals surface area contributed by atoms with Gasteiger partial charge in [-0.05, 0) is 120 Å². The first-order valence-corrected chi connectivity index (χ1v) is 21.9. The summed E-state index contributed by atoms with van der Waals surface area (Å²) in [5, 5.41) is 22.4. The highest BCUT2D eigenvalue weighted by atomic mass is 35.5. The summed E-state index contributed by atoms with van der Waals surface area (Å²) < 4.78 is 145. The molecular weight excluding hydrogens is 876 g/mol. The Morgan fingerprint density at radius 1 is 0.471 bits per heavy atom. The molecule has 0 saturated heterocycles. The van der Waals surface area contributed by atoms with Gasteiger partial charge in [-0.25, -0.2) is 0 Å². The lowest BCUT2D eigenvalue weighted by molar-refractivity contribution is 0.590. The second-order valence-electron chi connectivity index (χ2n) is 16.8. The van der Waals surface area contributed by atoms with Crippen LogP contribution in [0.25, 0.3) is 55.0 Å². The summed E-state index contributed by atoms with van der Waals surface area (Å²) in [5.74, 6) is 0. The molecule has 0 aliphatic carbocycles. The molecule has 0 amide bonds. The number of halogens is 2. The van der Waals surface area contributed by atoms with Crippen LogP contribution >= 0.6 is 23.2 Å². The Morgan fingerprint density at radius 2 is 0.926 bits per heavy atom. The average Bonchev–Trinajstić information content (AvgIpc) is 1.61. The number of anilines is 6. The van der Waals surface area contributed by atoms with Crippen molar-refractivity contribution >= 4 is 101 Å². The van der Waals surface area contributed by atoms with Gasteiger partial charge in [-0.1, -0.05) is 135 Å². The van der Waals surface area contributed by atoms with E-state index in [1.807, 2.05) is 43.9 Å². The largest absolute Gasteiger partial charge is 0.310 e. The number of benzene rings is 9. The zero-order chi connectivity index (χ0) is 60.6. The van der Waals surface area contributed by atoms with E-state index in [1.54, 1.807) is 77.7 Å². The monoisotopic (exact) mass is 932 g/mol. The van der Waals surface area contributed by atoms with Gasteiger partial charge in [0.1, 0.15) is 17.7 Å². The molecule has 0 aliphatic rings. The summed E-state index contributed by atoms with van der Waals surface area (Å²) in [4.78, 5) is 3.56. The molecule has 2 aromatic heterocycles. The molecule has 0 N–H and O–H groups in total. The molecule has 68 heavy (non-hydrogen) atoms. The van der Waals surface area contributed by atoms with Crippen LogP contribution in [0.15, 0.2) is 200 Å². The molecule has 0 radical (unpaired) electrons. The number of fused-ring (bicyclic) bond motifs is 6. The van der Waals surface area contributed by atoms with E-state index in [4.69, 9.17) is 39.7 Å². The van der Waals surface area contributed by atoms with Crippen molar-refractivity contribution in [1.82, 2.24) is 9.13 Å². The second kappa shape index (κ2) is 16.9. The first-order valence-electron chi connectivity index (χ1n) is 29.1. The molecule has 0 atom stereocenters. The summed E-state index contributed by atoms with van der Waals surface area (Å²) in [6.07, 6.45) is 0. The fourth-order valence-corrected chi connectivity index (χ4v) is 9.04. The van der Waals surface area contributed by atoms with Crippen molar-refractivity contribution in [3.63, 3.8) is 0 Å². The smallest absolute Gasteiger partial charge is 0.104 e. The van der Waals surface area contributed by atoms with Gasteiger partial charge in [-0.2, -0.15) is 10.5 Å². The van der Waals surface area contributed by atoms with E-state index in [0.29, 0.717) is 38.5 Å². The van der Waals surface area contributed by atoms with Gasteiger partial charge in [0.05, 0.1) is 66.6 Å². The first kappa shape index (κ1) is 28.0. The first-order chi connectivity index (χ1) is 39.7. The lowest BCUT2D eigenvalue weighted by atomic mass is 9.86. The summed E-state index contributed by atoms with van der Waals surface area (Å²) in [7, 11) is 0. The van der Waals surface area contributed by atoms with Gasteiger partial charge in [0.25, 0.3) is 0 Å². The van der Waals surface area contributed by atoms with E-state index in [9.17, 15) is 16.0 Å². The number of nitriles is 2. The second-order valence-corrected chi connectivity index (χ2v) is 17.7. The molecule has 326 valence electrons. The number of aromatic nitrogens is 2. The lowest BCUT2D eigenvalue weighted by Crippen LogP contribution is -2.18. The minimum Gasteiger partial charge on any atom is -0.310 e. The molecule has 9 aromatic carbocycles. The maximum atomic E-state index is 11.6. The Balaban J connectivity index is 1.24. The minimum atomic E-state index is -0.648. The third kappa shape index (κ3) is 7.19. The summed E-state index contributed by atoms with van der Waals surface area (Å²) in [6, 6.07) is 23.8.